The van der Waals surface area contributed by atoms with Crippen LogP contribution in [0, 0.1) is 0 Å². The molecule has 0 aromatic heterocycles. The molecule has 0 aromatic carbocycles. The summed E-state index contributed by atoms with van der Waals surface area (Å²) < 4.78 is 1.46. The number of unbranched alkanes of at least 4 members (excludes halogenated alkanes) is 5. The molecule has 96 valence electrons. The third-order valence-electron chi connectivity index (χ3n) is 4.20. The molecule has 1 fully saturated rings. The Morgan fingerprint density at radius 3 is 1.94 bits per heavy atom. The highest BCUT2D eigenvalue weighted by Crippen LogP contribution is 2.21. The average Bonchev–Trinajstić information content (AvgIpc) is 2.73. The zero-order chi connectivity index (χ0) is 11.7. The van der Waals surface area contributed by atoms with E-state index in [1.807, 2.05) is 0 Å². The van der Waals surface area contributed by atoms with Crippen LogP contribution in [0.5, 0.6) is 0 Å². The summed E-state index contributed by atoms with van der Waals surface area (Å²) in [7, 11) is 0. The first-order chi connectivity index (χ1) is 7.83. The van der Waals surface area contributed by atoms with Crippen molar-refractivity contribution in [3.8, 4) is 0 Å². The Morgan fingerprint density at radius 2 is 1.31 bits per heavy atom. The van der Waals surface area contributed by atoms with E-state index in [0.717, 1.165) is 0 Å². The van der Waals surface area contributed by atoms with Crippen molar-refractivity contribution in [3.05, 3.63) is 0 Å². The van der Waals surface area contributed by atoms with Gasteiger partial charge in [0.15, 0.2) is 0 Å². The smallest absolute Gasteiger partial charge is 0.0788 e. The van der Waals surface area contributed by atoms with Crippen LogP contribution in [0.15, 0.2) is 0 Å². The highest BCUT2D eigenvalue weighted by Gasteiger charge is 2.29. The Kier molecular flexibility index (Phi) is 7.11. The van der Waals surface area contributed by atoms with Crippen LogP contribution >= 0.6 is 0 Å². The molecule has 0 spiro atoms. The van der Waals surface area contributed by atoms with Gasteiger partial charge in [-0.1, -0.05) is 39.5 Å². The van der Waals surface area contributed by atoms with Gasteiger partial charge < -0.3 is 4.48 Å². The Morgan fingerprint density at radius 1 is 0.688 bits per heavy atom. The molecule has 0 bridgehead atoms. The number of likely N-dealkylation sites (tertiary alicyclic amines) is 1. The van der Waals surface area contributed by atoms with Crippen LogP contribution in [0.4, 0.5) is 0 Å². The SMILES string of the molecule is CCCCCCCC[N+]1(CCC)CCCC1. The van der Waals surface area contributed by atoms with Crippen molar-refractivity contribution in [2.24, 2.45) is 0 Å². The van der Waals surface area contributed by atoms with Gasteiger partial charge in [0.2, 0.25) is 0 Å². The fourth-order valence-electron chi connectivity index (χ4n) is 3.27. The first-order valence-corrected chi connectivity index (χ1v) is 7.68. The Bertz CT molecular complexity index is 159. The first kappa shape index (κ1) is 14.0. The molecule has 0 N–H and O–H groups in total. The first-order valence-electron chi connectivity index (χ1n) is 7.68. The lowest BCUT2D eigenvalue weighted by molar-refractivity contribution is -0.917. The van der Waals surface area contributed by atoms with E-state index in [4.69, 9.17) is 0 Å². The molecule has 0 amide bonds. The van der Waals surface area contributed by atoms with Gasteiger partial charge in [-0.25, -0.2) is 0 Å². The standard InChI is InChI=1S/C15H32N/c1-3-5-6-7-8-9-13-16(12-4-2)14-10-11-15-16/h3-15H2,1-2H3/q+1. The van der Waals surface area contributed by atoms with E-state index in [9.17, 15) is 0 Å². The predicted octanol–water partition coefficient (Wildman–Crippen LogP) is 4.37. The van der Waals surface area contributed by atoms with Gasteiger partial charge in [-0.2, -0.15) is 0 Å². The van der Waals surface area contributed by atoms with E-state index in [0.29, 0.717) is 0 Å². The lowest BCUT2D eigenvalue weighted by Crippen LogP contribution is -2.46. The quantitative estimate of drug-likeness (QED) is 0.404. The molecule has 1 saturated heterocycles. The number of nitrogens with zero attached hydrogens (tertiary/aromatic N) is 1. The number of rotatable bonds is 9. The lowest BCUT2D eigenvalue weighted by Gasteiger charge is -2.34. The lowest BCUT2D eigenvalue weighted by atomic mass is 10.1. The molecule has 1 rings (SSSR count). The second kappa shape index (κ2) is 8.11. The second-order valence-electron chi connectivity index (χ2n) is 5.71. The van der Waals surface area contributed by atoms with Crippen LogP contribution in [0.2, 0.25) is 0 Å². The predicted molar refractivity (Wildman–Crippen MR) is 72.6 cm³/mol. The average molecular weight is 226 g/mol. The van der Waals surface area contributed by atoms with Crippen LogP contribution in [-0.4, -0.2) is 30.7 Å². The van der Waals surface area contributed by atoms with E-state index in [1.54, 1.807) is 0 Å². The minimum absolute atomic E-state index is 1.37. The summed E-state index contributed by atoms with van der Waals surface area (Å²) in [6, 6.07) is 0. The van der Waals surface area contributed by atoms with E-state index in [-0.39, 0.29) is 0 Å². The van der Waals surface area contributed by atoms with Gasteiger partial charge in [0, 0.05) is 12.8 Å². The number of hydrogen-bond acceptors (Lipinski definition) is 0. The highest BCUT2D eigenvalue weighted by atomic mass is 15.4. The maximum Gasteiger partial charge on any atom is 0.0788 e. The Hall–Kier alpha value is -0.0400. The Labute approximate surface area is 103 Å². The minimum Gasteiger partial charge on any atom is -0.324 e. The van der Waals surface area contributed by atoms with Crippen LogP contribution in [0.1, 0.15) is 71.6 Å². The van der Waals surface area contributed by atoms with Crippen molar-refractivity contribution in [3.63, 3.8) is 0 Å². The summed E-state index contributed by atoms with van der Waals surface area (Å²) in [5, 5.41) is 0. The monoisotopic (exact) mass is 226 g/mol. The van der Waals surface area contributed by atoms with Gasteiger partial charge in [-0.3, -0.25) is 0 Å². The van der Waals surface area contributed by atoms with Crippen LogP contribution in [0.25, 0.3) is 0 Å². The summed E-state index contributed by atoms with van der Waals surface area (Å²) in [6.45, 7) is 10.5. The minimum atomic E-state index is 1.37. The summed E-state index contributed by atoms with van der Waals surface area (Å²) in [6.07, 6.45) is 13.0. The molecule has 1 nitrogen and oxygen atoms in total. The molecule has 1 aliphatic rings. The van der Waals surface area contributed by atoms with Crippen molar-refractivity contribution >= 4 is 0 Å². The normalized spacial score (nSPS) is 19.1. The molecule has 0 aliphatic carbocycles. The molecular weight excluding hydrogens is 194 g/mol. The van der Waals surface area contributed by atoms with Gasteiger partial charge in [-0.05, 0) is 19.3 Å². The summed E-state index contributed by atoms with van der Waals surface area (Å²) in [4.78, 5) is 0. The molecule has 0 atom stereocenters. The third-order valence-corrected chi connectivity index (χ3v) is 4.20. The van der Waals surface area contributed by atoms with E-state index >= 15 is 0 Å². The summed E-state index contributed by atoms with van der Waals surface area (Å²) >= 11 is 0. The van der Waals surface area contributed by atoms with E-state index < -0.39 is 0 Å². The molecular formula is C15H32N+. The molecule has 0 unspecified atom stereocenters. The Balaban J connectivity index is 2.08. The van der Waals surface area contributed by atoms with Crippen LogP contribution < -0.4 is 0 Å². The zero-order valence-electron chi connectivity index (χ0n) is 11.6. The van der Waals surface area contributed by atoms with Crippen molar-refractivity contribution < 1.29 is 4.48 Å². The maximum atomic E-state index is 2.35. The fraction of sp³-hybridized carbons (Fsp3) is 1.00. The molecule has 0 aromatic rings. The largest absolute Gasteiger partial charge is 0.324 e. The molecule has 1 heteroatoms. The fourth-order valence-corrected chi connectivity index (χ4v) is 3.27. The van der Waals surface area contributed by atoms with Gasteiger partial charge in [0.25, 0.3) is 0 Å². The van der Waals surface area contributed by atoms with Crippen LogP contribution in [-0.2, 0) is 0 Å². The van der Waals surface area contributed by atoms with Crippen molar-refractivity contribution in [2.75, 3.05) is 26.2 Å². The maximum absolute atomic E-state index is 2.35. The van der Waals surface area contributed by atoms with Crippen molar-refractivity contribution in [1.29, 1.82) is 0 Å². The molecule has 0 radical (unpaired) electrons. The zero-order valence-corrected chi connectivity index (χ0v) is 11.6. The van der Waals surface area contributed by atoms with Gasteiger partial charge in [0.1, 0.15) is 0 Å². The summed E-state index contributed by atoms with van der Waals surface area (Å²) in [5.41, 5.74) is 0. The van der Waals surface area contributed by atoms with Gasteiger partial charge in [-0.15, -0.1) is 0 Å². The number of quaternary nitrogens is 1. The van der Waals surface area contributed by atoms with Crippen LogP contribution in [0.3, 0.4) is 0 Å². The number of hydrogen-bond donors (Lipinski definition) is 0. The topological polar surface area (TPSA) is 0 Å². The highest BCUT2D eigenvalue weighted by molar-refractivity contribution is 4.55. The molecule has 1 aliphatic heterocycles. The van der Waals surface area contributed by atoms with Gasteiger partial charge in [0.05, 0.1) is 26.2 Å². The van der Waals surface area contributed by atoms with Gasteiger partial charge >= 0.3 is 0 Å². The molecule has 1 heterocycles. The van der Waals surface area contributed by atoms with Crippen molar-refractivity contribution in [2.45, 2.75) is 71.6 Å². The van der Waals surface area contributed by atoms with E-state index in [2.05, 4.69) is 13.8 Å². The molecule has 0 saturated carbocycles. The van der Waals surface area contributed by atoms with E-state index in [1.165, 1.54) is 88.4 Å². The molecule has 16 heavy (non-hydrogen) atoms. The summed E-state index contributed by atoms with van der Waals surface area (Å²) in [5.74, 6) is 0. The second-order valence-corrected chi connectivity index (χ2v) is 5.71. The third kappa shape index (κ3) is 4.86. The van der Waals surface area contributed by atoms with Crippen molar-refractivity contribution in [1.82, 2.24) is 0 Å².